The number of hydrogen-bond donors (Lipinski definition) is 3. The number of hydrogen-bond acceptors (Lipinski definition) is 3. The van der Waals surface area contributed by atoms with Crippen LogP contribution in [0, 0.1) is 5.92 Å². The number of carbonyl (C=O) groups is 1. The molecule has 3 unspecified atom stereocenters. The van der Waals surface area contributed by atoms with Crippen LogP contribution in [0.4, 0.5) is 0 Å². The zero-order chi connectivity index (χ0) is 15.2. The van der Waals surface area contributed by atoms with Crippen molar-refractivity contribution in [1.29, 1.82) is 0 Å². The summed E-state index contributed by atoms with van der Waals surface area (Å²) in [5.74, 6) is -0.465. The highest BCUT2D eigenvalue weighted by Crippen LogP contribution is 2.19. The lowest BCUT2D eigenvalue weighted by molar-refractivity contribution is -0.126. The van der Waals surface area contributed by atoms with E-state index in [1.54, 1.807) is 6.92 Å². The Kier molecular flexibility index (Phi) is 6.17. The van der Waals surface area contributed by atoms with Gasteiger partial charge in [0.1, 0.15) is 0 Å². The van der Waals surface area contributed by atoms with Crippen molar-refractivity contribution in [2.24, 2.45) is 11.7 Å². The highest BCUT2D eigenvalue weighted by atomic mass is 16.3. The van der Waals surface area contributed by atoms with Crippen molar-refractivity contribution in [3.05, 3.63) is 35.9 Å². The third kappa shape index (κ3) is 4.94. The summed E-state index contributed by atoms with van der Waals surface area (Å²) in [7, 11) is 0. The van der Waals surface area contributed by atoms with Gasteiger partial charge in [0.05, 0.1) is 11.5 Å². The van der Waals surface area contributed by atoms with Gasteiger partial charge in [0, 0.05) is 12.6 Å². The first kappa shape index (κ1) is 16.7. The second-order valence-corrected chi connectivity index (χ2v) is 5.69. The molecule has 0 radical (unpaired) electrons. The van der Waals surface area contributed by atoms with Crippen LogP contribution in [-0.4, -0.2) is 23.2 Å². The normalized spacial score (nSPS) is 17.1. The van der Waals surface area contributed by atoms with Gasteiger partial charge in [-0.2, -0.15) is 0 Å². The van der Waals surface area contributed by atoms with Gasteiger partial charge in [0.2, 0.25) is 5.91 Å². The van der Waals surface area contributed by atoms with Crippen molar-refractivity contribution in [1.82, 2.24) is 5.32 Å². The molecule has 0 spiro atoms. The number of nitrogens with two attached hydrogens (primary N) is 1. The lowest BCUT2D eigenvalue weighted by atomic mass is 9.94. The maximum absolute atomic E-state index is 12.1. The molecular formula is C16H26N2O2. The van der Waals surface area contributed by atoms with E-state index >= 15 is 0 Å². The number of aliphatic hydroxyl groups is 1. The fourth-order valence-electron chi connectivity index (χ4n) is 2.19. The Balaban J connectivity index is 2.55. The van der Waals surface area contributed by atoms with Crippen LogP contribution < -0.4 is 11.1 Å². The molecule has 1 amide bonds. The molecule has 4 N–H and O–H groups in total. The first-order chi connectivity index (χ1) is 9.37. The van der Waals surface area contributed by atoms with Crippen LogP contribution in [0.3, 0.4) is 0 Å². The van der Waals surface area contributed by atoms with E-state index in [1.165, 1.54) is 0 Å². The fourth-order valence-corrected chi connectivity index (χ4v) is 2.19. The summed E-state index contributed by atoms with van der Waals surface area (Å²) >= 11 is 0. The van der Waals surface area contributed by atoms with Crippen molar-refractivity contribution in [3.63, 3.8) is 0 Å². The minimum Gasteiger partial charge on any atom is -0.388 e. The van der Waals surface area contributed by atoms with Crippen molar-refractivity contribution in [2.75, 3.05) is 6.54 Å². The Morgan fingerprint density at radius 1 is 1.40 bits per heavy atom. The molecule has 112 valence electrons. The molecule has 0 bridgehead atoms. The lowest BCUT2D eigenvalue weighted by Gasteiger charge is -2.25. The van der Waals surface area contributed by atoms with Gasteiger partial charge in [-0.1, -0.05) is 50.6 Å². The SMILES string of the molecule is CCCC(C)(O)CNC(=O)C(C)C(N)c1ccccc1. The Bertz CT molecular complexity index is 418. The maximum Gasteiger partial charge on any atom is 0.224 e. The fraction of sp³-hybridized carbons (Fsp3) is 0.562. The summed E-state index contributed by atoms with van der Waals surface area (Å²) in [5, 5.41) is 12.8. The van der Waals surface area contributed by atoms with Crippen LogP contribution in [0.1, 0.15) is 45.2 Å². The summed E-state index contributed by atoms with van der Waals surface area (Å²) in [6.07, 6.45) is 1.54. The molecule has 3 atom stereocenters. The van der Waals surface area contributed by atoms with Gasteiger partial charge in [-0.05, 0) is 18.9 Å². The molecule has 1 aromatic rings. The van der Waals surface area contributed by atoms with E-state index in [0.29, 0.717) is 6.42 Å². The summed E-state index contributed by atoms with van der Waals surface area (Å²) in [6.45, 7) is 5.80. The highest BCUT2D eigenvalue weighted by Gasteiger charge is 2.25. The highest BCUT2D eigenvalue weighted by molar-refractivity contribution is 5.79. The average Bonchev–Trinajstić information content (AvgIpc) is 2.44. The molecule has 0 fully saturated rings. The standard InChI is InChI=1S/C16H26N2O2/c1-4-10-16(3,20)11-18-15(19)12(2)14(17)13-8-6-5-7-9-13/h5-9,12,14,20H,4,10-11,17H2,1-3H3,(H,18,19). The maximum atomic E-state index is 12.1. The molecule has 0 saturated carbocycles. The van der Waals surface area contributed by atoms with E-state index in [-0.39, 0.29) is 24.4 Å². The van der Waals surface area contributed by atoms with E-state index in [9.17, 15) is 9.90 Å². The zero-order valence-electron chi connectivity index (χ0n) is 12.6. The van der Waals surface area contributed by atoms with Crippen molar-refractivity contribution >= 4 is 5.91 Å². The Labute approximate surface area is 121 Å². The van der Waals surface area contributed by atoms with Crippen LogP contribution in [0.15, 0.2) is 30.3 Å². The van der Waals surface area contributed by atoms with Gasteiger partial charge in [-0.3, -0.25) is 4.79 Å². The summed E-state index contributed by atoms with van der Waals surface area (Å²) in [4.78, 5) is 12.1. The molecule has 4 nitrogen and oxygen atoms in total. The van der Waals surface area contributed by atoms with Crippen LogP contribution in [0.2, 0.25) is 0 Å². The molecule has 1 aromatic carbocycles. The molecule has 0 aromatic heterocycles. The average molecular weight is 278 g/mol. The molecule has 0 aliphatic heterocycles. The predicted octanol–water partition coefficient (Wildman–Crippen LogP) is 1.99. The van der Waals surface area contributed by atoms with Crippen LogP contribution in [0.25, 0.3) is 0 Å². The predicted molar refractivity (Wildman–Crippen MR) is 81.1 cm³/mol. The third-order valence-corrected chi connectivity index (χ3v) is 3.57. The smallest absolute Gasteiger partial charge is 0.224 e. The first-order valence-corrected chi connectivity index (χ1v) is 7.18. The number of carbonyl (C=O) groups excluding carboxylic acids is 1. The van der Waals surface area contributed by atoms with Gasteiger partial charge in [0.15, 0.2) is 0 Å². The molecule has 0 heterocycles. The van der Waals surface area contributed by atoms with E-state index in [2.05, 4.69) is 5.32 Å². The molecule has 1 rings (SSSR count). The van der Waals surface area contributed by atoms with Gasteiger partial charge < -0.3 is 16.2 Å². The lowest BCUT2D eigenvalue weighted by Crippen LogP contribution is -2.44. The summed E-state index contributed by atoms with van der Waals surface area (Å²) in [6, 6.07) is 9.23. The van der Waals surface area contributed by atoms with Gasteiger partial charge in [-0.15, -0.1) is 0 Å². The van der Waals surface area contributed by atoms with E-state index in [0.717, 1.165) is 12.0 Å². The quantitative estimate of drug-likeness (QED) is 0.714. The van der Waals surface area contributed by atoms with Crippen molar-refractivity contribution in [3.8, 4) is 0 Å². The number of amides is 1. The molecule has 0 aliphatic rings. The summed E-state index contributed by atoms with van der Waals surface area (Å²) in [5.41, 5.74) is 6.19. The molecule has 0 aliphatic carbocycles. The van der Waals surface area contributed by atoms with Crippen LogP contribution in [0.5, 0.6) is 0 Å². The molecule has 4 heteroatoms. The topological polar surface area (TPSA) is 75.3 Å². The zero-order valence-corrected chi connectivity index (χ0v) is 12.6. The minimum atomic E-state index is -0.860. The molecule has 0 saturated heterocycles. The Morgan fingerprint density at radius 3 is 2.55 bits per heavy atom. The molecular weight excluding hydrogens is 252 g/mol. The van der Waals surface area contributed by atoms with Crippen LogP contribution in [-0.2, 0) is 4.79 Å². The second-order valence-electron chi connectivity index (χ2n) is 5.69. The monoisotopic (exact) mass is 278 g/mol. The van der Waals surface area contributed by atoms with Gasteiger partial charge >= 0.3 is 0 Å². The molecule has 20 heavy (non-hydrogen) atoms. The van der Waals surface area contributed by atoms with Gasteiger partial charge in [-0.25, -0.2) is 0 Å². The van der Waals surface area contributed by atoms with Crippen LogP contribution >= 0.6 is 0 Å². The second kappa shape index (κ2) is 7.41. The Hall–Kier alpha value is -1.39. The first-order valence-electron chi connectivity index (χ1n) is 7.18. The number of benzene rings is 1. The van der Waals surface area contributed by atoms with E-state index < -0.39 is 5.60 Å². The van der Waals surface area contributed by atoms with E-state index in [1.807, 2.05) is 44.2 Å². The Morgan fingerprint density at radius 2 is 2.00 bits per heavy atom. The van der Waals surface area contributed by atoms with Crippen molar-refractivity contribution < 1.29 is 9.90 Å². The number of nitrogens with one attached hydrogen (secondary N) is 1. The minimum absolute atomic E-state index is 0.127. The van der Waals surface area contributed by atoms with Gasteiger partial charge in [0.25, 0.3) is 0 Å². The summed E-state index contributed by atoms with van der Waals surface area (Å²) < 4.78 is 0. The number of rotatable bonds is 7. The van der Waals surface area contributed by atoms with E-state index in [4.69, 9.17) is 5.73 Å². The third-order valence-electron chi connectivity index (χ3n) is 3.57. The largest absolute Gasteiger partial charge is 0.388 e. The van der Waals surface area contributed by atoms with Crippen molar-refractivity contribution in [2.45, 2.75) is 45.3 Å².